The number of nitrogens with zero attached hydrogens (tertiary/aromatic N) is 6. The lowest BCUT2D eigenvalue weighted by atomic mass is 9.95. The van der Waals surface area contributed by atoms with Gasteiger partial charge in [-0.15, -0.1) is 0 Å². The van der Waals surface area contributed by atoms with Gasteiger partial charge in [-0.2, -0.15) is 9.97 Å². The Kier molecular flexibility index (Phi) is 9.41. The number of hydrogen-bond donors (Lipinski definition) is 1. The van der Waals surface area contributed by atoms with E-state index in [4.69, 9.17) is 19.1 Å². The number of benzene rings is 2. The average molecular weight is 745 g/mol. The highest BCUT2D eigenvalue weighted by Gasteiger charge is 2.51. The molecule has 1 aromatic heterocycles. The van der Waals surface area contributed by atoms with Crippen LogP contribution < -0.4 is 14.5 Å². The molecule has 0 aliphatic carbocycles. The lowest BCUT2D eigenvalue weighted by molar-refractivity contribution is 0.0660. The molecule has 0 saturated carbocycles. The largest absolute Gasteiger partial charge is 0.465 e. The van der Waals surface area contributed by atoms with Crippen molar-refractivity contribution in [1.29, 1.82) is 0 Å². The lowest BCUT2D eigenvalue weighted by Gasteiger charge is -2.41. The summed E-state index contributed by atoms with van der Waals surface area (Å²) in [6.07, 6.45) is 6.67. The number of carbonyl (C=O) groups is 1. The number of ether oxygens (including phenoxy) is 1. The topological polar surface area (TPSA) is 94.5 Å². The minimum Gasteiger partial charge on any atom is -0.465 e. The van der Waals surface area contributed by atoms with Gasteiger partial charge in [0.05, 0.1) is 29.9 Å². The maximum atomic E-state index is 15.1. The van der Waals surface area contributed by atoms with E-state index in [2.05, 4.69) is 66.8 Å². The summed E-state index contributed by atoms with van der Waals surface area (Å²) in [6.45, 7) is 18.5. The van der Waals surface area contributed by atoms with Gasteiger partial charge in [0, 0.05) is 48.9 Å². The molecule has 4 atom stereocenters. The Morgan fingerprint density at radius 2 is 1.81 bits per heavy atom. The molecule has 5 aliphatic heterocycles. The van der Waals surface area contributed by atoms with Gasteiger partial charge >= 0.3 is 12.1 Å². The van der Waals surface area contributed by atoms with Crippen molar-refractivity contribution in [2.24, 2.45) is 0 Å². The van der Waals surface area contributed by atoms with Crippen LogP contribution in [0.25, 0.3) is 10.8 Å². The monoisotopic (exact) mass is 744 g/mol. The van der Waals surface area contributed by atoms with Crippen molar-refractivity contribution in [3.8, 4) is 6.01 Å². The Labute approximate surface area is 314 Å². The summed E-state index contributed by atoms with van der Waals surface area (Å²) in [5.41, 5.74) is 3.76. The predicted molar refractivity (Wildman–Crippen MR) is 209 cm³/mol. The first kappa shape index (κ1) is 36.5. The number of piperazine rings is 1. The number of anilines is 2. The summed E-state index contributed by atoms with van der Waals surface area (Å²) in [5.74, 6) is 0.721. The second kappa shape index (κ2) is 13.7. The van der Waals surface area contributed by atoms with Gasteiger partial charge in [-0.05, 0) is 99.1 Å². The minimum atomic E-state index is -1.86. The molecular weight excluding hydrogens is 688 g/mol. The Hall–Kier alpha value is -3.48. The van der Waals surface area contributed by atoms with E-state index in [1.807, 2.05) is 13.0 Å². The van der Waals surface area contributed by atoms with Crippen LogP contribution in [0, 0.1) is 5.82 Å². The van der Waals surface area contributed by atoms with Gasteiger partial charge in [0.15, 0.2) is 8.32 Å². The van der Waals surface area contributed by atoms with Gasteiger partial charge in [0.2, 0.25) is 0 Å². The zero-order chi connectivity index (χ0) is 37.3. The summed E-state index contributed by atoms with van der Waals surface area (Å²) < 4.78 is 28.6. The van der Waals surface area contributed by atoms with Gasteiger partial charge < -0.3 is 24.1 Å². The van der Waals surface area contributed by atoms with Crippen molar-refractivity contribution in [2.45, 2.75) is 127 Å². The zero-order valence-corrected chi connectivity index (χ0v) is 33.5. The first-order valence-electron chi connectivity index (χ1n) is 19.9. The summed E-state index contributed by atoms with van der Waals surface area (Å²) in [5, 5.41) is 12.2. The predicted octanol–water partition coefficient (Wildman–Crippen LogP) is 7.62. The first-order valence-corrected chi connectivity index (χ1v) is 22.8. The first-order chi connectivity index (χ1) is 25.3. The van der Waals surface area contributed by atoms with Gasteiger partial charge in [0.25, 0.3) is 0 Å². The van der Waals surface area contributed by atoms with Crippen LogP contribution in [0.5, 0.6) is 6.01 Å². The molecule has 0 unspecified atom stereocenters. The molecule has 5 aliphatic rings. The normalized spacial score (nSPS) is 26.0. The highest BCUT2D eigenvalue weighted by molar-refractivity contribution is 6.74. The van der Waals surface area contributed by atoms with Crippen LogP contribution in [0.2, 0.25) is 18.1 Å². The second-order valence-corrected chi connectivity index (χ2v) is 22.5. The maximum absolute atomic E-state index is 15.1. The van der Waals surface area contributed by atoms with Crippen LogP contribution >= 0.6 is 0 Å². The average Bonchev–Trinajstić information content (AvgIpc) is 3.78. The van der Waals surface area contributed by atoms with Crippen molar-refractivity contribution in [3.63, 3.8) is 0 Å². The molecule has 0 spiro atoms. The third kappa shape index (κ3) is 6.46. The summed E-state index contributed by atoms with van der Waals surface area (Å²) in [6, 6.07) is 10.4. The molecule has 53 heavy (non-hydrogen) atoms. The van der Waals surface area contributed by atoms with E-state index in [1.54, 1.807) is 11.0 Å². The SMILES string of the molecule is CCc1c(F)ccc2cccc(N3CCc4c(nc(OC[C@]56CCCN5[C@@H](CO[Si](C)(C)C(C)(C)C)CC6)nc4N4C[C@H]5CC[C@@H](C4)N5C(=O)O)C3)c12. The standard InChI is InChI=1S/C41H57FN6O4Si/c1-7-31-33(42)15-12-27-10-8-11-35(36(27)31)45-21-17-32-34(24-45)43-38(44-37(32)46-22-28-13-14-29(23-46)48(28)39(49)50)51-26-41-18-9-20-47(41)30(16-19-41)25-52-53(5,6)40(2,3)4/h8,10-12,15,28-30H,7,9,13-14,16-26H2,1-6H3,(H,49,50)/t28-,29+,30-,41-/m1/s1. The molecule has 4 fully saturated rings. The zero-order valence-electron chi connectivity index (χ0n) is 32.5. The van der Waals surface area contributed by atoms with E-state index in [-0.39, 0.29) is 28.5 Å². The highest BCUT2D eigenvalue weighted by atomic mass is 28.4. The Morgan fingerprint density at radius 1 is 1.04 bits per heavy atom. The molecule has 3 aromatic rings. The Balaban J connectivity index is 1.09. The number of rotatable bonds is 9. The Bertz CT molecular complexity index is 1870. The number of carboxylic acid groups (broad SMARTS) is 1. The number of hydrogen-bond acceptors (Lipinski definition) is 8. The van der Waals surface area contributed by atoms with Crippen LogP contribution in [0.4, 0.5) is 20.7 Å². The van der Waals surface area contributed by atoms with Crippen LogP contribution in [-0.2, 0) is 23.8 Å². The number of fused-ring (bicyclic) bond motifs is 5. The molecule has 1 N–H and O–H groups in total. The molecule has 4 saturated heterocycles. The van der Waals surface area contributed by atoms with E-state index >= 15 is 4.39 Å². The van der Waals surface area contributed by atoms with Gasteiger partial charge in [-0.1, -0.05) is 45.9 Å². The molecule has 8 rings (SSSR count). The fraction of sp³-hybridized carbons (Fsp3) is 0.634. The van der Waals surface area contributed by atoms with Crippen LogP contribution in [0.15, 0.2) is 30.3 Å². The molecule has 1 amide bonds. The van der Waals surface area contributed by atoms with Crippen molar-refractivity contribution >= 4 is 36.7 Å². The summed E-state index contributed by atoms with van der Waals surface area (Å²) in [4.78, 5) is 31.4. The maximum Gasteiger partial charge on any atom is 0.407 e. The Morgan fingerprint density at radius 3 is 2.53 bits per heavy atom. The van der Waals surface area contributed by atoms with Gasteiger partial charge in [0.1, 0.15) is 18.2 Å². The molecule has 2 bridgehead atoms. The summed E-state index contributed by atoms with van der Waals surface area (Å²) in [7, 11) is -1.86. The molecular formula is C41H57FN6O4Si. The number of halogens is 1. The van der Waals surface area contributed by atoms with E-state index in [9.17, 15) is 9.90 Å². The molecule has 10 nitrogen and oxygen atoms in total. The van der Waals surface area contributed by atoms with Crippen LogP contribution in [0.1, 0.15) is 83.0 Å². The van der Waals surface area contributed by atoms with Crippen LogP contribution in [0.3, 0.4) is 0 Å². The summed E-state index contributed by atoms with van der Waals surface area (Å²) >= 11 is 0. The van der Waals surface area contributed by atoms with Crippen LogP contribution in [-0.4, -0.2) is 102 Å². The second-order valence-electron chi connectivity index (χ2n) is 17.7. The van der Waals surface area contributed by atoms with Crippen molar-refractivity contribution in [2.75, 3.05) is 49.2 Å². The molecule has 286 valence electrons. The van der Waals surface area contributed by atoms with Gasteiger partial charge in [-0.3, -0.25) is 9.80 Å². The lowest BCUT2D eigenvalue weighted by Crippen LogP contribution is -2.56. The van der Waals surface area contributed by atoms with E-state index < -0.39 is 14.4 Å². The number of amides is 1. The highest BCUT2D eigenvalue weighted by Crippen LogP contribution is 2.45. The van der Waals surface area contributed by atoms with E-state index in [1.165, 1.54) is 0 Å². The van der Waals surface area contributed by atoms with Crippen molar-refractivity contribution < 1.29 is 23.5 Å². The molecule has 2 aromatic carbocycles. The quantitative estimate of drug-likeness (QED) is 0.222. The van der Waals surface area contributed by atoms with Crippen molar-refractivity contribution in [3.05, 3.63) is 53.0 Å². The van der Waals surface area contributed by atoms with Crippen molar-refractivity contribution in [1.82, 2.24) is 19.8 Å². The fourth-order valence-electron chi connectivity index (χ4n) is 9.84. The molecule has 0 radical (unpaired) electrons. The third-order valence-corrected chi connectivity index (χ3v) is 18.2. The van der Waals surface area contributed by atoms with E-state index in [0.29, 0.717) is 44.7 Å². The molecule has 6 heterocycles. The number of aromatic nitrogens is 2. The third-order valence-electron chi connectivity index (χ3n) is 13.7. The fourth-order valence-corrected chi connectivity index (χ4v) is 10.9. The van der Waals surface area contributed by atoms with E-state index in [0.717, 1.165) is 104 Å². The number of aryl methyl sites for hydroxylation is 1. The smallest absolute Gasteiger partial charge is 0.407 e. The minimum absolute atomic E-state index is 0.0470. The van der Waals surface area contributed by atoms with Gasteiger partial charge in [-0.25, -0.2) is 9.18 Å². The molecule has 12 heteroatoms.